The summed E-state index contributed by atoms with van der Waals surface area (Å²) in [7, 11) is 0. The number of piperidine rings is 1. The number of carbonyl (C=O) groups is 1. The average Bonchev–Trinajstić information content (AvgIpc) is 2.65. The van der Waals surface area contributed by atoms with E-state index in [-0.39, 0.29) is 0 Å². The Bertz CT molecular complexity index is 279. The van der Waals surface area contributed by atoms with Gasteiger partial charge in [-0.15, -0.1) is 0 Å². The molecule has 2 rings (SSSR count). The first kappa shape index (κ1) is 11.8. The fourth-order valence-corrected chi connectivity index (χ4v) is 2.99. The molecule has 1 aliphatic heterocycles. The minimum absolute atomic E-state index is 0.339. The van der Waals surface area contributed by atoms with E-state index in [9.17, 15) is 4.79 Å². The highest BCUT2D eigenvalue weighted by Crippen LogP contribution is 2.34. The van der Waals surface area contributed by atoms with E-state index in [0.29, 0.717) is 17.1 Å². The summed E-state index contributed by atoms with van der Waals surface area (Å²) in [5.41, 5.74) is 0.461. The van der Waals surface area contributed by atoms with Gasteiger partial charge in [0, 0.05) is 12.5 Å². The first-order chi connectivity index (χ1) is 7.59. The van der Waals surface area contributed by atoms with Crippen LogP contribution in [0.5, 0.6) is 0 Å². The van der Waals surface area contributed by atoms with Crippen molar-refractivity contribution in [2.45, 2.75) is 39.5 Å². The van der Waals surface area contributed by atoms with Crippen LogP contribution in [0.4, 0.5) is 0 Å². The van der Waals surface area contributed by atoms with Gasteiger partial charge in [0.25, 0.3) is 0 Å². The number of hydrogen-bond donors (Lipinski definition) is 0. The van der Waals surface area contributed by atoms with Crippen molar-refractivity contribution in [2.24, 2.45) is 11.3 Å². The summed E-state index contributed by atoms with van der Waals surface area (Å²) in [6.07, 6.45) is 9.20. The van der Waals surface area contributed by atoms with Gasteiger partial charge in [0.1, 0.15) is 5.78 Å². The van der Waals surface area contributed by atoms with Crippen LogP contribution in [-0.2, 0) is 4.79 Å². The number of carbonyl (C=O) groups excluding carboxylic acids is 1. The number of ketones is 1. The molecule has 1 fully saturated rings. The van der Waals surface area contributed by atoms with Crippen LogP contribution in [0, 0.1) is 11.3 Å². The van der Waals surface area contributed by atoms with Crippen molar-refractivity contribution < 1.29 is 4.79 Å². The van der Waals surface area contributed by atoms with Gasteiger partial charge in [-0.2, -0.15) is 0 Å². The molecule has 0 aromatic rings. The predicted molar refractivity (Wildman–Crippen MR) is 66.3 cm³/mol. The van der Waals surface area contributed by atoms with Gasteiger partial charge in [-0.1, -0.05) is 19.1 Å². The molecule has 1 heterocycles. The molecule has 1 saturated heterocycles. The number of likely N-dealkylation sites (tertiary alicyclic amines) is 1. The monoisotopic (exact) mass is 221 g/mol. The lowest BCUT2D eigenvalue weighted by Crippen LogP contribution is -2.41. The Morgan fingerprint density at radius 1 is 1.31 bits per heavy atom. The Morgan fingerprint density at radius 3 is 2.38 bits per heavy atom. The molecular formula is C14H23NO. The van der Waals surface area contributed by atoms with Crippen LogP contribution in [0.1, 0.15) is 39.5 Å². The Balaban J connectivity index is 1.79. The smallest absolute Gasteiger partial charge is 0.133 e. The minimum atomic E-state index is 0.339. The number of hydrogen-bond acceptors (Lipinski definition) is 2. The maximum atomic E-state index is 11.3. The summed E-state index contributed by atoms with van der Waals surface area (Å²) in [6.45, 7) is 7.54. The molecule has 0 amide bonds. The van der Waals surface area contributed by atoms with Crippen LogP contribution in [-0.4, -0.2) is 30.3 Å². The third kappa shape index (κ3) is 2.73. The molecule has 16 heavy (non-hydrogen) atoms. The molecule has 2 nitrogen and oxygen atoms in total. The first-order valence-electron chi connectivity index (χ1n) is 6.47. The average molecular weight is 221 g/mol. The number of rotatable bonds is 3. The van der Waals surface area contributed by atoms with E-state index in [4.69, 9.17) is 0 Å². The van der Waals surface area contributed by atoms with Crippen LogP contribution < -0.4 is 0 Å². The second-order valence-electron chi connectivity index (χ2n) is 5.85. The maximum absolute atomic E-state index is 11.3. The van der Waals surface area contributed by atoms with Crippen molar-refractivity contribution in [3.05, 3.63) is 12.2 Å². The van der Waals surface area contributed by atoms with Crippen molar-refractivity contribution >= 4 is 5.78 Å². The highest BCUT2D eigenvalue weighted by molar-refractivity contribution is 5.78. The quantitative estimate of drug-likeness (QED) is 0.683. The van der Waals surface area contributed by atoms with Gasteiger partial charge in [-0.25, -0.2) is 0 Å². The highest BCUT2D eigenvalue weighted by Gasteiger charge is 2.30. The molecular weight excluding hydrogens is 198 g/mol. The lowest BCUT2D eigenvalue weighted by molar-refractivity contribution is -0.122. The molecule has 0 N–H and O–H groups in total. The van der Waals surface area contributed by atoms with E-state index < -0.39 is 0 Å². The van der Waals surface area contributed by atoms with Crippen LogP contribution in [0.15, 0.2) is 12.2 Å². The third-order valence-corrected chi connectivity index (χ3v) is 4.16. The Morgan fingerprint density at radius 2 is 1.88 bits per heavy atom. The van der Waals surface area contributed by atoms with Gasteiger partial charge in [0.2, 0.25) is 0 Å². The zero-order valence-corrected chi connectivity index (χ0v) is 10.5. The normalized spacial score (nSPS) is 26.1. The number of nitrogens with zero attached hydrogens (tertiary/aromatic N) is 1. The van der Waals surface area contributed by atoms with Gasteiger partial charge in [-0.05, 0) is 51.1 Å². The maximum Gasteiger partial charge on any atom is 0.133 e. The largest absolute Gasteiger partial charge is 0.303 e. The van der Waals surface area contributed by atoms with Crippen LogP contribution in [0.3, 0.4) is 0 Å². The molecule has 2 aliphatic rings. The first-order valence-corrected chi connectivity index (χ1v) is 6.47. The van der Waals surface area contributed by atoms with Crippen LogP contribution >= 0.6 is 0 Å². The number of Topliss-reactive ketones (excluding diaryl/α,β-unsaturated/α-hetero) is 1. The standard InChI is InChI=1S/C14H23NO/c1-12(16)13-5-9-15(10-6-13)11-14(2)7-3-4-8-14/h3-4,13H,5-11H2,1-2H3. The second kappa shape index (κ2) is 4.70. The summed E-state index contributed by atoms with van der Waals surface area (Å²) in [5, 5.41) is 0. The number of allylic oxidation sites excluding steroid dienone is 2. The van der Waals surface area contributed by atoms with Gasteiger partial charge in [0.15, 0.2) is 0 Å². The van der Waals surface area contributed by atoms with Crippen LogP contribution in [0.2, 0.25) is 0 Å². The van der Waals surface area contributed by atoms with E-state index >= 15 is 0 Å². The molecule has 90 valence electrons. The fraction of sp³-hybridized carbons (Fsp3) is 0.786. The van der Waals surface area contributed by atoms with Gasteiger partial charge < -0.3 is 4.90 Å². The van der Waals surface area contributed by atoms with E-state index in [1.54, 1.807) is 6.92 Å². The molecule has 0 bridgehead atoms. The van der Waals surface area contributed by atoms with Crippen molar-refractivity contribution in [1.82, 2.24) is 4.90 Å². The van der Waals surface area contributed by atoms with Gasteiger partial charge >= 0.3 is 0 Å². The predicted octanol–water partition coefficient (Wildman–Crippen LogP) is 2.64. The summed E-state index contributed by atoms with van der Waals surface area (Å²) in [6, 6.07) is 0. The molecule has 0 aromatic heterocycles. The molecule has 0 atom stereocenters. The molecule has 2 heteroatoms. The highest BCUT2D eigenvalue weighted by atomic mass is 16.1. The lowest BCUT2D eigenvalue weighted by atomic mass is 9.85. The van der Waals surface area contributed by atoms with Crippen molar-refractivity contribution in [3.8, 4) is 0 Å². The SMILES string of the molecule is CC(=O)C1CCN(CC2(C)CC=CC2)CC1. The van der Waals surface area contributed by atoms with Crippen molar-refractivity contribution in [1.29, 1.82) is 0 Å². The van der Waals surface area contributed by atoms with Crippen LogP contribution in [0.25, 0.3) is 0 Å². The summed E-state index contributed by atoms with van der Waals surface area (Å²) in [5.74, 6) is 0.721. The molecule has 0 unspecified atom stereocenters. The van der Waals surface area contributed by atoms with Gasteiger partial charge in [-0.3, -0.25) is 4.79 Å². The lowest BCUT2D eigenvalue weighted by Gasteiger charge is -2.36. The Labute approximate surface area is 98.7 Å². The van der Waals surface area contributed by atoms with Crippen molar-refractivity contribution in [3.63, 3.8) is 0 Å². The molecule has 0 aromatic carbocycles. The zero-order chi connectivity index (χ0) is 11.6. The summed E-state index contributed by atoms with van der Waals surface area (Å²) >= 11 is 0. The molecule has 0 radical (unpaired) electrons. The third-order valence-electron chi connectivity index (χ3n) is 4.16. The van der Waals surface area contributed by atoms with E-state index in [1.165, 1.54) is 19.4 Å². The molecule has 0 saturated carbocycles. The zero-order valence-electron chi connectivity index (χ0n) is 10.5. The second-order valence-corrected chi connectivity index (χ2v) is 5.85. The van der Waals surface area contributed by atoms with Crippen molar-refractivity contribution in [2.75, 3.05) is 19.6 Å². The fourth-order valence-electron chi connectivity index (χ4n) is 2.99. The van der Waals surface area contributed by atoms with Gasteiger partial charge in [0.05, 0.1) is 0 Å². The molecule has 1 aliphatic carbocycles. The topological polar surface area (TPSA) is 20.3 Å². The molecule has 0 spiro atoms. The summed E-state index contributed by atoms with van der Waals surface area (Å²) in [4.78, 5) is 13.8. The van der Waals surface area contributed by atoms with E-state index in [1.807, 2.05) is 0 Å². The van der Waals surface area contributed by atoms with E-state index in [0.717, 1.165) is 25.9 Å². The Hall–Kier alpha value is -0.630. The summed E-state index contributed by atoms with van der Waals surface area (Å²) < 4.78 is 0. The minimum Gasteiger partial charge on any atom is -0.303 e. The van der Waals surface area contributed by atoms with E-state index in [2.05, 4.69) is 24.0 Å². The Kier molecular flexibility index (Phi) is 3.48.